The summed E-state index contributed by atoms with van der Waals surface area (Å²) in [5.41, 5.74) is 0. The fraction of sp³-hybridized carbons (Fsp3) is 0.800. The smallest absolute Gasteiger partial charge is 0.469 e. The van der Waals surface area contributed by atoms with Crippen LogP contribution < -0.4 is 5.32 Å². The molecule has 0 aromatic carbocycles. The van der Waals surface area contributed by atoms with Crippen molar-refractivity contribution in [1.29, 1.82) is 0 Å². The van der Waals surface area contributed by atoms with Crippen molar-refractivity contribution in [1.82, 2.24) is 5.32 Å². The monoisotopic (exact) mass is 229 g/mol. The highest BCUT2D eigenvalue weighted by Gasteiger charge is 2.30. The maximum Gasteiger partial charge on any atom is 0.469 e. The first kappa shape index (κ1) is 13.5. The molecule has 14 heavy (non-hydrogen) atoms. The average molecular weight is 229 g/mol. The quantitative estimate of drug-likeness (QED) is 0.273. The molecule has 8 nitrogen and oxygen atoms in total. The van der Waals surface area contributed by atoms with Crippen molar-refractivity contribution < 1.29 is 33.9 Å². The Kier molecular flexibility index (Phi) is 5.21. The van der Waals surface area contributed by atoms with Gasteiger partial charge in [-0.3, -0.25) is 14.6 Å². The number of aliphatic hydroxyl groups excluding tert-OH is 1. The Hall–Kier alpha value is -0.500. The molecule has 0 saturated carbocycles. The van der Waals surface area contributed by atoms with Crippen LogP contribution in [0.1, 0.15) is 6.92 Å². The Morgan fingerprint density at radius 2 is 2.07 bits per heavy atom. The van der Waals surface area contributed by atoms with Crippen LogP contribution in [0.2, 0.25) is 0 Å². The number of carbonyl (C=O) groups is 1. The summed E-state index contributed by atoms with van der Waals surface area (Å²) in [7, 11) is -4.72. The number of carboxylic acids is 1. The predicted octanol–water partition coefficient (Wildman–Crippen LogP) is -1.52. The zero-order chi connectivity index (χ0) is 11.4. The molecule has 0 bridgehead atoms. The maximum absolute atomic E-state index is 10.5. The van der Waals surface area contributed by atoms with Crippen molar-refractivity contribution in [3.05, 3.63) is 0 Å². The molecule has 2 unspecified atom stereocenters. The third-order valence-electron chi connectivity index (χ3n) is 1.35. The Balaban J connectivity index is 4.37. The van der Waals surface area contributed by atoms with Crippen molar-refractivity contribution in [2.75, 3.05) is 6.73 Å². The molecule has 0 aromatic rings. The van der Waals surface area contributed by atoms with Crippen molar-refractivity contribution in [3.8, 4) is 0 Å². The predicted molar refractivity (Wildman–Crippen MR) is 44.2 cm³/mol. The zero-order valence-electron chi connectivity index (χ0n) is 7.32. The minimum atomic E-state index is -4.72. The highest BCUT2D eigenvalue weighted by Crippen LogP contribution is 2.38. The van der Waals surface area contributed by atoms with E-state index in [0.717, 1.165) is 0 Å². The van der Waals surface area contributed by atoms with E-state index < -0.39 is 32.7 Å². The summed E-state index contributed by atoms with van der Waals surface area (Å²) in [6.07, 6.45) is -1.26. The Morgan fingerprint density at radius 1 is 1.57 bits per heavy atom. The highest BCUT2D eigenvalue weighted by molar-refractivity contribution is 7.46. The standard InChI is InChI=1S/C5H12NO7P/c1-3(13-14(10,11)12)4(5(8)9)6-2-7/h3-4,6-7H,2H2,1H3,(H,8,9)(H2,10,11,12). The van der Waals surface area contributed by atoms with Gasteiger partial charge in [0.2, 0.25) is 0 Å². The molecule has 0 heterocycles. The third-order valence-corrected chi connectivity index (χ3v) is 1.96. The van der Waals surface area contributed by atoms with E-state index in [2.05, 4.69) is 9.84 Å². The molecular formula is C5H12NO7P. The summed E-state index contributed by atoms with van der Waals surface area (Å²) in [6, 6.07) is -1.38. The molecule has 0 saturated heterocycles. The molecule has 0 aliphatic rings. The van der Waals surface area contributed by atoms with E-state index in [-0.39, 0.29) is 0 Å². The van der Waals surface area contributed by atoms with E-state index in [1.165, 1.54) is 6.92 Å². The lowest BCUT2D eigenvalue weighted by Gasteiger charge is -2.20. The van der Waals surface area contributed by atoms with Crippen molar-refractivity contribution in [2.45, 2.75) is 19.1 Å². The van der Waals surface area contributed by atoms with Gasteiger partial charge in [-0.2, -0.15) is 0 Å². The van der Waals surface area contributed by atoms with Crippen molar-refractivity contribution in [3.63, 3.8) is 0 Å². The molecule has 0 rings (SSSR count). The van der Waals surface area contributed by atoms with Crippen molar-refractivity contribution in [2.24, 2.45) is 0 Å². The number of hydrogen-bond donors (Lipinski definition) is 5. The normalized spacial score (nSPS) is 16.3. The van der Waals surface area contributed by atoms with Gasteiger partial charge in [-0.05, 0) is 6.92 Å². The van der Waals surface area contributed by atoms with Gasteiger partial charge in [0.25, 0.3) is 0 Å². The Labute approximate surface area is 79.8 Å². The van der Waals surface area contributed by atoms with Gasteiger partial charge in [-0.1, -0.05) is 0 Å². The van der Waals surface area contributed by atoms with E-state index in [0.29, 0.717) is 0 Å². The summed E-state index contributed by atoms with van der Waals surface area (Å²) in [6.45, 7) is 0.534. The van der Waals surface area contributed by atoms with Gasteiger partial charge in [0.05, 0.1) is 12.8 Å². The Morgan fingerprint density at radius 3 is 2.36 bits per heavy atom. The van der Waals surface area contributed by atoms with Crippen LogP contribution in [0.5, 0.6) is 0 Å². The van der Waals surface area contributed by atoms with Gasteiger partial charge in [0.15, 0.2) is 0 Å². The van der Waals surface area contributed by atoms with E-state index in [1.54, 1.807) is 0 Å². The molecule has 5 N–H and O–H groups in total. The summed E-state index contributed by atoms with van der Waals surface area (Å²) in [5, 5.41) is 19.1. The van der Waals surface area contributed by atoms with Crippen LogP contribution in [0.3, 0.4) is 0 Å². The van der Waals surface area contributed by atoms with Crippen LogP contribution in [-0.2, 0) is 13.9 Å². The van der Waals surface area contributed by atoms with E-state index in [1.807, 2.05) is 0 Å². The number of aliphatic carboxylic acids is 1. The molecule has 0 aliphatic heterocycles. The first-order chi connectivity index (χ1) is 6.28. The van der Waals surface area contributed by atoms with Gasteiger partial charge in [-0.25, -0.2) is 4.57 Å². The highest BCUT2D eigenvalue weighted by atomic mass is 31.2. The minimum absolute atomic E-state index is 0.633. The van der Waals surface area contributed by atoms with E-state index in [9.17, 15) is 9.36 Å². The maximum atomic E-state index is 10.5. The molecule has 0 fully saturated rings. The number of aliphatic hydroxyl groups is 1. The summed E-state index contributed by atoms with van der Waals surface area (Å²) >= 11 is 0. The second-order valence-electron chi connectivity index (χ2n) is 2.48. The fourth-order valence-electron chi connectivity index (χ4n) is 0.830. The summed E-state index contributed by atoms with van der Waals surface area (Å²) in [5.74, 6) is -1.37. The molecule has 0 aromatic heterocycles. The molecule has 0 spiro atoms. The van der Waals surface area contributed by atoms with E-state index in [4.69, 9.17) is 20.0 Å². The first-order valence-electron chi connectivity index (χ1n) is 3.59. The molecule has 9 heteroatoms. The molecule has 0 amide bonds. The second-order valence-corrected chi connectivity index (χ2v) is 3.67. The van der Waals surface area contributed by atoms with Crippen LogP contribution in [-0.4, -0.2) is 44.8 Å². The number of phosphoric ester groups is 1. The summed E-state index contributed by atoms with van der Waals surface area (Å²) in [4.78, 5) is 27.3. The van der Waals surface area contributed by atoms with Gasteiger partial charge in [0.1, 0.15) is 6.04 Å². The molecular weight excluding hydrogens is 217 g/mol. The lowest BCUT2D eigenvalue weighted by atomic mass is 10.2. The topological polar surface area (TPSA) is 136 Å². The third kappa shape index (κ3) is 5.28. The Bertz CT molecular complexity index is 238. The fourth-order valence-corrected chi connectivity index (χ4v) is 1.38. The first-order valence-corrected chi connectivity index (χ1v) is 5.12. The van der Waals surface area contributed by atoms with Crippen LogP contribution in [0.4, 0.5) is 0 Å². The van der Waals surface area contributed by atoms with Gasteiger partial charge >= 0.3 is 13.8 Å². The lowest BCUT2D eigenvalue weighted by molar-refractivity contribution is -0.142. The number of rotatable bonds is 6. The molecule has 0 aliphatic carbocycles. The van der Waals surface area contributed by atoms with E-state index >= 15 is 0 Å². The molecule has 2 atom stereocenters. The average Bonchev–Trinajstić information content (AvgIpc) is 1.95. The minimum Gasteiger partial charge on any atom is -0.480 e. The van der Waals surface area contributed by atoms with Crippen LogP contribution >= 0.6 is 7.82 Å². The van der Waals surface area contributed by atoms with Crippen LogP contribution in [0, 0.1) is 0 Å². The number of phosphoric acid groups is 1. The molecule has 84 valence electrons. The number of carboxylic acid groups (broad SMARTS) is 1. The number of hydrogen-bond acceptors (Lipinski definition) is 5. The summed E-state index contributed by atoms with van der Waals surface area (Å²) < 4.78 is 14.5. The lowest BCUT2D eigenvalue weighted by Crippen LogP contribution is -2.45. The van der Waals surface area contributed by atoms with Gasteiger partial charge in [0, 0.05) is 0 Å². The second kappa shape index (κ2) is 5.40. The van der Waals surface area contributed by atoms with Crippen molar-refractivity contribution >= 4 is 13.8 Å². The zero-order valence-corrected chi connectivity index (χ0v) is 8.22. The van der Waals surface area contributed by atoms with Gasteiger partial charge in [-0.15, -0.1) is 0 Å². The SMILES string of the molecule is CC(OP(=O)(O)O)C(NCO)C(=O)O. The number of nitrogens with one attached hydrogen (secondary N) is 1. The van der Waals surface area contributed by atoms with Crippen LogP contribution in [0.25, 0.3) is 0 Å². The molecule has 0 radical (unpaired) electrons. The van der Waals surface area contributed by atoms with Gasteiger partial charge < -0.3 is 20.0 Å². The largest absolute Gasteiger partial charge is 0.480 e. The van der Waals surface area contributed by atoms with Crippen LogP contribution in [0.15, 0.2) is 0 Å².